The molecule has 1 aromatic heterocycles. The maximum atomic E-state index is 12.0. The summed E-state index contributed by atoms with van der Waals surface area (Å²) < 4.78 is 6.80. The molecule has 2 rings (SSSR count). The SMILES string of the molecule is COC(=O)C(C)(CC(C)n1cccn1)NC1CC1. The highest BCUT2D eigenvalue weighted by Gasteiger charge is 2.40. The first kappa shape index (κ1) is 13.1. The molecule has 1 aliphatic carbocycles. The lowest BCUT2D eigenvalue weighted by Crippen LogP contribution is -2.52. The Morgan fingerprint density at radius 1 is 1.67 bits per heavy atom. The van der Waals surface area contributed by atoms with E-state index in [0.29, 0.717) is 12.5 Å². The fourth-order valence-electron chi connectivity index (χ4n) is 2.33. The van der Waals surface area contributed by atoms with Gasteiger partial charge in [-0.05, 0) is 39.2 Å². The van der Waals surface area contributed by atoms with Gasteiger partial charge in [-0.2, -0.15) is 5.10 Å². The lowest BCUT2D eigenvalue weighted by molar-refractivity contribution is -0.148. The quantitative estimate of drug-likeness (QED) is 0.779. The molecular weight excluding hydrogens is 230 g/mol. The number of rotatable bonds is 6. The van der Waals surface area contributed by atoms with E-state index in [2.05, 4.69) is 17.3 Å². The van der Waals surface area contributed by atoms with Gasteiger partial charge in [-0.3, -0.25) is 14.8 Å². The van der Waals surface area contributed by atoms with E-state index < -0.39 is 5.54 Å². The molecule has 0 spiro atoms. The van der Waals surface area contributed by atoms with Crippen molar-refractivity contribution in [3.05, 3.63) is 18.5 Å². The average molecular weight is 251 g/mol. The standard InChI is InChI=1S/C13H21N3O2/c1-10(16-8-4-7-14-16)9-13(2,12(17)18-3)15-11-5-6-11/h4,7-8,10-11,15H,5-6,9H2,1-3H3. The van der Waals surface area contributed by atoms with Gasteiger partial charge in [0.25, 0.3) is 0 Å². The van der Waals surface area contributed by atoms with E-state index >= 15 is 0 Å². The minimum atomic E-state index is -0.638. The van der Waals surface area contributed by atoms with Gasteiger partial charge < -0.3 is 4.74 Å². The van der Waals surface area contributed by atoms with Crippen molar-refractivity contribution in [2.75, 3.05) is 7.11 Å². The van der Waals surface area contributed by atoms with Crippen molar-refractivity contribution >= 4 is 5.97 Å². The Bertz CT molecular complexity index is 400. The minimum Gasteiger partial charge on any atom is -0.468 e. The van der Waals surface area contributed by atoms with Crippen LogP contribution in [0.15, 0.2) is 18.5 Å². The predicted molar refractivity (Wildman–Crippen MR) is 68.1 cm³/mol. The van der Waals surface area contributed by atoms with Crippen molar-refractivity contribution in [2.45, 2.75) is 50.7 Å². The molecule has 5 nitrogen and oxygen atoms in total. The maximum Gasteiger partial charge on any atom is 0.325 e. The van der Waals surface area contributed by atoms with Crippen LogP contribution in [0.2, 0.25) is 0 Å². The molecular formula is C13H21N3O2. The third-order valence-corrected chi connectivity index (χ3v) is 3.42. The Kier molecular flexibility index (Phi) is 3.71. The van der Waals surface area contributed by atoms with Crippen LogP contribution in [0.4, 0.5) is 0 Å². The molecule has 2 unspecified atom stereocenters. The number of nitrogens with one attached hydrogen (secondary N) is 1. The molecule has 1 N–H and O–H groups in total. The first-order valence-electron chi connectivity index (χ1n) is 6.40. The van der Waals surface area contributed by atoms with E-state index in [4.69, 9.17) is 4.74 Å². The van der Waals surface area contributed by atoms with Crippen LogP contribution in [-0.2, 0) is 9.53 Å². The van der Waals surface area contributed by atoms with Crippen molar-refractivity contribution in [3.8, 4) is 0 Å². The summed E-state index contributed by atoms with van der Waals surface area (Å²) >= 11 is 0. The molecule has 0 radical (unpaired) electrons. The third kappa shape index (κ3) is 2.90. The summed E-state index contributed by atoms with van der Waals surface area (Å²) in [6, 6.07) is 2.49. The molecule has 5 heteroatoms. The first-order chi connectivity index (χ1) is 8.55. The summed E-state index contributed by atoms with van der Waals surface area (Å²) in [5, 5.41) is 7.61. The number of esters is 1. The van der Waals surface area contributed by atoms with E-state index in [0.717, 1.165) is 12.8 Å². The van der Waals surface area contributed by atoms with E-state index in [9.17, 15) is 4.79 Å². The molecule has 0 amide bonds. The summed E-state index contributed by atoms with van der Waals surface area (Å²) in [7, 11) is 1.44. The van der Waals surface area contributed by atoms with Gasteiger partial charge in [0, 0.05) is 18.4 Å². The molecule has 1 fully saturated rings. The number of carbonyl (C=O) groups is 1. The number of nitrogens with zero attached hydrogens (tertiary/aromatic N) is 2. The van der Waals surface area contributed by atoms with E-state index in [1.807, 2.05) is 23.9 Å². The lowest BCUT2D eigenvalue weighted by Gasteiger charge is -2.30. The molecule has 2 atom stereocenters. The number of hydrogen-bond donors (Lipinski definition) is 1. The summed E-state index contributed by atoms with van der Waals surface area (Å²) in [6.07, 6.45) is 6.61. The number of ether oxygens (including phenoxy) is 1. The summed E-state index contributed by atoms with van der Waals surface area (Å²) in [5.41, 5.74) is -0.638. The van der Waals surface area contributed by atoms with Crippen LogP contribution in [0.5, 0.6) is 0 Å². The van der Waals surface area contributed by atoms with E-state index in [1.165, 1.54) is 7.11 Å². The summed E-state index contributed by atoms with van der Waals surface area (Å²) in [5.74, 6) is -0.201. The second-order valence-corrected chi connectivity index (χ2v) is 5.28. The molecule has 1 heterocycles. The highest BCUT2D eigenvalue weighted by molar-refractivity contribution is 5.80. The molecule has 0 aromatic carbocycles. The second-order valence-electron chi connectivity index (χ2n) is 5.28. The normalized spacial score (nSPS) is 20.2. The summed E-state index contributed by atoms with van der Waals surface area (Å²) in [4.78, 5) is 12.0. The molecule has 1 aliphatic rings. The van der Waals surface area contributed by atoms with E-state index in [1.54, 1.807) is 6.20 Å². The van der Waals surface area contributed by atoms with Crippen LogP contribution >= 0.6 is 0 Å². The molecule has 0 aliphatic heterocycles. The van der Waals surface area contributed by atoms with Gasteiger partial charge in [0.05, 0.1) is 13.2 Å². The molecule has 1 saturated carbocycles. The largest absolute Gasteiger partial charge is 0.468 e. The Labute approximate surface area is 108 Å². The van der Waals surface area contributed by atoms with Gasteiger partial charge in [-0.1, -0.05) is 0 Å². The van der Waals surface area contributed by atoms with Gasteiger partial charge in [-0.25, -0.2) is 0 Å². The highest BCUT2D eigenvalue weighted by atomic mass is 16.5. The van der Waals surface area contributed by atoms with Gasteiger partial charge in [0.15, 0.2) is 0 Å². The fraction of sp³-hybridized carbons (Fsp3) is 0.692. The van der Waals surface area contributed by atoms with Crippen LogP contribution in [0.3, 0.4) is 0 Å². The van der Waals surface area contributed by atoms with E-state index in [-0.39, 0.29) is 12.0 Å². The van der Waals surface area contributed by atoms with Crippen molar-refractivity contribution in [1.82, 2.24) is 15.1 Å². The Balaban J connectivity index is 2.06. The minimum absolute atomic E-state index is 0.148. The highest BCUT2D eigenvalue weighted by Crippen LogP contribution is 2.28. The third-order valence-electron chi connectivity index (χ3n) is 3.42. The van der Waals surface area contributed by atoms with Gasteiger partial charge >= 0.3 is 5.97 Å². The zero-order chi connectivity index (χ0) is 13.2. The number of methoxy groups -OCH3 is 1. The van der Waals surface area contributed by atoms with Crippen molar-refractivity contribution in [2.24, 2.45) is 0 Å². The molecule has 0 saturated heterocycles. The topological polar surface area (TPSA) is 56.2 Å². The van der Waals surface area contributed by atoms with Crippen LogP contribution in [0.1, 0.15) is 39.2 Å². The number of aromatic nitrogens is 2. The predicted octanol–water partition coefficient (Wildman–Crippen LogP) is 1.52. The van der Waals surface area contributed by atoms with Crippen molar-refractivity contribution < 1.29 is 9.53 Å². The zero-order valence-electron chi connectivity index (χ0n) is 11.2. The maximum absolute atomic E-state index is 12.0. The number of carbonyl (C=O) groups excluding carboxylic acids is 1. The smallest absolute Gasteiger partial charge is 0.325 e. The number of hydrogen-bond acceptors (Lipinski definition) is 4. The lowest BCUT2D eigenvalue weighted by atomic mass is 9.93. The fourth-order valence-corrected chi connectivity index (χ4v) is 2.33. The monoisotopic (exact) mass is 251 g/mol. The Hall–Kier alpha value is -1.36. The zero-order valence-corrected chi connectivity index (χ0v) is 11.2. The molecule has 0 bridgehead atoms. The second kappa shape index (κ2) is 5.10. The first-order valence-corrected chi connectivity index (χ1v) is 6.40. The van der Waals surface area contributed by atoms with Crippen LogP contribution in [0, 0.1) is 0 Å². The van der Waals surface area contributed by atoms with Crippen LogP contribution in [0.25, 0.3) is 0 Å². The van der Waals surface area contributed by atoms with Gasteiger partial charge in [-0.15, -0.1) is 0 Å². The Morgan fingerprint density at radius 3 is 2.89 bits per heavy atom. The van der Waals surface area contributed by atoms with Crippen molar-refractivity contribution in [1.29, 1.82) is 0 Å². The van der Waals surface area contributed by atoms with Crippen LogP contribution < -0.4 is 5.32 Å². The Morgan fingerprint density at radius 2 is 2.39 bits per heavy atom. The molecule has 18 heavy (non-hydrogen) atoms. The van der Waals surface area contributed by atoms with Gasteiger partial charge in [0.1, 0.15) is 5.54 Å². The molecule has 100 valence electrons. The molecule has 1 aromatic rings. The van der Waals surface area contributed by atoms with Gasteiger partial charge in [0.2, 0.25) is 0 Å². The van der Waals surface area contributed by atoms with Crippen LogP contribution in [-0.4, -0.2) is 34.4 Å². The van der Waals surface area contributed by atoms with Crippen molar-refractivity contribution in [3.63, 3.8) is 0 Å². The summed E-state index contributed by atoms with van der Waals surface area (Å²) in [6.45, 7) is 3.97. The average Bonchev–Trinajstić information content (AvgIpc) is 2.98.